The van der Waals surface area contributed by atoms with Gasteiger partial charge < -0.3 is 5.73 Å². The van der Waals surface area contributed by atoms with E-state index in [1.54, 1.807) is 6.92 Å². The SMILES string of the molecule is CCC/C(N)=C(\CC)S(N)(=O)=O. The normalized spacial score (nSPS) is 14.2. The van der Waals surface area contributed by atoms with Crippen LogP contribution in [0.5, 0.6) is 0 Å². The number of nitrogens with two attached hydrogens (primary N) is 2. The van der Waals surface area contributed by atoms with E-state index in [4.69, 9.17) is 10.9 Å². The second-order valence-electron chi connectivity index (χ2n) is 2.60. The molecule has 0 amide bonds. The van der Waals surface area contributed by atoms with Gasteiger partial charge in [-0.2, -0.15) is 0 Å². The molecule has 0 aromatic heterocycles. The van der Waals surface area contributed by atoms with Crippen LogP contribution in [0.25, 0.3) is 0 Å². The minimum atomic E-state index is -3.58. The Labute approximate surface area is 73.7 Å². The summed E-state index contributed by atoms with van der Waals surface area (Å²) in [5.41, 5.74) is 5.94. The van der Waals surface area contributed by atoms with Gasteiger partial charge in [0.25, 0.3) is 0 Å². The molecule has 72 valence electrons. The fourth-order valence-corrected chi connectivity index (χ4v) is 1.89. The van der Waals surface area contributed by atoms with Crippen LogP contribution < -0.4 is 10.9 Å². The summed E-state index contributed by atoms with van der Waals surface area (Å²) in [7, 11) is -3.58. The molecule has 0 spiro atoms. The van der Waals surface area contributed by atoms with Gasteiger partial charge >= 0.3 is 0 Å². The molecule has 0 heterocycles. The maximum absolute atomic E-state index is 10.9. The maximum Gasteiger partial charge on any atom is 0.235 e. The monoisotopic (exact) mass is 192 g/mol. The molecule has 4 N–H and O–H groups in total. The fraction of sp³-hybridized carbons (Fsp3) is 0.714. The number of hydrogen-bond donors (Lipinski definition) is 2. The Morgan fingerprint density at radius 3 is 2.08 bits per heavy atom. The summed E-state index contributed by atoms with van der Waals surface area (Å²) in [6.45, 7) is 3.66. The van der Waals surface area contributed by atoms with Crippen LogP contribution in [0.2, 0.25) is 0 Å². The first kappa shape index (κ1) is 11.4. The Morgan fingerprint density at radius 2 is 1.83 bits per heavy atom. The Hall–Kier alpha value is -0.550. The van der Waals surface area contributed by atoms with Crippen molar-refractivity contribution in [2.75, 3.05) is 0 Å². The van der Waals surface area contributed by atoms with Gasteiger partial charge in [-0.05, 0) is 12.8 Å². The van der Waals surface area contributed by atoms with Gasteiger partial charge in [-0.25, -0.2) is 13.6 Å². The Bertz CT molecular complexity index is 267. The lowest BCUT2D eigenvalue weighted by Crippen LogP contribution is -2.18. The highest BCUT2D eigenvalue weighted by Crippen LogP contribution is 2.13. The summed E-state index contributed by atoms with van der Waals surface area (Å²) < 4.78 is 21.8. The van der Waals surface area contributed by atoms with Gasteiger partial charge in [-0.15, -0.1) is 0 Å². The highest BCUT2D eigenvalue weighted by molar-refractivity contribution is 7.93. The average Bonchev–Trinajstić information content (AvgIpc) is 1.85. The van der Waals surface area contributed by atoms with E-state index in [1.165, 1.54) is 0 Å². The van der Waals surface area contributed by atoms with Crippen molar-refractivity contribution in [1.29, 1.82) is 0 Å². The van der Waals surface area contributed by atoms with Crippen LogP contribution in [0, 0.1) is 0 Å². The summed E-state index contributed by atoms with van der Waals surface area (Å²) in [5.74, 6) is 0. The van der Waals surface area contributed by atoms with Crippen LogP contribution >= 0.6 is 0 Å². The van der Waals surface area contributed by atoms with E-state index in [9.17, 15) is 8.42 Å². The van der Waals surface area contributed by atoms with Crippen molar-refractivity contribution in [1.82, 2.24) is 0 Å². The third-order valence-corrected chi connectivity index (χ3v) is 2.78. The number of hydrogen-bond acceptors (Lipinski definition) is 3. The van der Waals surface area contributed by atoms with Crippen LogP contribution in [0.1, 0.15) is 33.1 Å². The van der Waals surface area contributed by atoms with Crippen molar-refractivity contribution in [2.45, 2.75) is 33.1 Å². The zero-order chi connectivity index (χ0) is 9.78. The number of sulfonamides is 1. The molecule has 0 rings (SSSR count). The fourth-order valence-electron chi connectivity index (χ4n) is 1.02. The van der Waals surface area contributed by atoms with Gasteiger partial charge in [0.15, 0.2) is 0 Å². The van der Waals surface area contributed by atoms with Crippen molar-refractivity contribution in [3.8, 4) is 0 Å². The summed E-state index contributed by atoms with van der Waals surface area (Å²) in [6, 6.07) is 0. The topological polar surface area (TPSA) is 86.2 Å². The van der Waals surface area contributed by atoms with Crippen LogP contribution in [0.15, 0.2) is 10.6 Å². The number of primary sulfonamides is 1. The molecular weight excluding hydrogens is 176 g/mol. The minimum Gasteiger partial charge on any atom is -0.401 e. The summed E-state index contributed by atoms with van der Waals surface area (Å²) in [6.07, 6.45) is 1.77. The molecule has 0 saturated heterocycles. The van der Waals surface area contributed by atoms with Crippen LogP contribution in [0.3, 0.4) is 0 Å². The standard InChI is InChI=1S/C7H16N2O2S/c1-3-5-6(8)7(4-2)12(9,10)11/h3-5,8H2,1-2H3,(H2,9,10,11)/b7-6-. The highest BCUT2D eigenvalue weighted by atomic mass is 32.2. The molecule has 0 unspecified atom stereocenters. The lowest BCUT2D eigenvalue weighted by Gasteiger charge is -2.06. The molecule has 0 aromatic carbocycles. The smallest absolute Gasteiger partial charge is 0.235 e. The van der Waals surface area contributed by atoms with Gasteiger partial charge in [0.1, 0.15) is 0 Å². The number of rotatable bonds is 4. The van der Waals surface area contributed by atoms with Gasteiger partial charge in [0.2, 0.25) is 10.0 Å². The van der Waals surface area contributed by atoms with Crippen molar-refractivity contribution >= 4 is 10.0 Å². The Kier molecular flexibility index (Phi) is 4.26. The minimum absolute atomic E-state index is 0.171. The van der Waals surface area contributed by atoms with Crippen molar-refractivity contribution in [3.05, 3.63) is 10.6 Å². The first-order valence-corrected chi connectivity index (χ1v) is 5.48. The molecule has 0 aliphatic rings. The molecule has 0 radical (unpaired) electrons. The third kappa shape index (κ3) is 3.23. The molecule has 0 aliphatic carbocycles. The molecule has 0 bridgehead atoms. The second kappa shape index (κ2) is 4.47. The molecule has 0 saturated carbocycles. The average molecular weight is 192 g/mol. The van der Waals surface area contributed by atoms with Crippen LogP contribution in [-0.2, 0) is 10.0 Å². The zero-order valence-electron chi connectivity index (χ0n) is 7.50. The lowest BCUT2D eigenvalue weighted by molar-refractivity contribution is 0.601. The van der Waals surface area contributed by atoms with Crippen molar-refractivity contribution in [3.63, 3.8) is 0 Å². The molecule has 4 nitrogen and oxygen atoms in total. The molecule has 12 heavy (non-hydrogen) atoms. The van der Waals surface area contributed by atoms with Gasteiger partial charge in [-0.3, -0.25) is 0 Å². The van der Waals surface area contributed by atoms with Crippen LogP contribution in [0.4, 0.5) is 0 Å². The van der Waals surface area contributed by atoms with E-state index in [0.717, 1.165) is 6.42 Å². The van der Waals surface area contributed by atoms with E-state index in [0.29, 0.717) is 18.5 Å². The largest absolute Gasteiger partial charge is 0.401 e. The summed E-state index contributed by atoms with van der Waals surface area (Å²) in [5, 5.41) is 4.96. The maximum atomic E-state index is 10.9. The molecule has 0 atom stereocenters. The van der Waals surface area contributed by atoms with E-state index in [-0.39, 0.29) is 4.91 Å². The predicted molar refractivity (Wildman–Crippen MR) is 49.5 cm³/mol. The summed E-state index contributed by atoms with van der Waals surface area (Å²) in [4.78, 5) is 0.171. The number of allylic oxidation sites excluding steroid dienone is 2. The summed E-state index contributed by atoms with van der Waals surface area (Å²) >= 11 is 0. The van der Waals surface area contributed by atoms with E-state index < -0.39 is 10.0 Å². The molecule has 0 aliphatic heterocycles. The van der Waals surface area contributed by atoms with Gasteiger partial charge in [0, 0.05) is 5.70 Å². The second-order valence-corrected chi connectivity index (χ2v) is 4.18. The third-order valence-electron chi connectivity index (χ3n) is 1.54. The molecule has 0 aromatic rings. The first-order valence-electron chi connectivity index (χ1n) is 3.93. The van der Waals surface area contributed by atoms with Crippen molar-refractivity contribution < 1.29 is 8.42 Å². The zero-order valence-corrected chi connectivity index (χ0v) is 8.32. The van der Waals surface area contributed by atoms with E-state index in [1.807, 2.05) is 6.92 Å². The van der Waals surface area contributed by atoms with E-state index in [2.05, 4.69) is 0 Å². The first-order chi connectivity index (χ1) is 5.43. The quantitative estimate of drug-likeness (QED) is 0.685. The Balaban J connectivity index is 4.88. The van der Waals surface area contributed by atoms with Gasteiger partial charge in [-0.1, -0.05) is 20.3 Å². The van der Waals surface area contributed by atoms with Crippen molar-refractivity contribution in [2.24, 2.45) is 10.9 Å². The molecule has 5 heteroatoms. The van der Waals surface area contributed by atoms with Crippen LogP contribution in [-0.4, -0.2) is 8.42 Å². The predicted octanol–water partition coefficient (Wildman–Crippen LogP) is 0.655. The highest BCUT2D eigenvalue weighted by Gasteiger charge is 2.13. The molecular formula is C7H16N2O2S. The van der Waals surface area contributed by atoms with Gasteiger partial charge in [0.05, 0.1) is 4.91 Å². The van der Waals surface area contributed by atoms with E-state index >= 15 is 0 Å². The lowest BCUT2D eigenvalue weighted by atomic mass is 10.2. The Morgan fingerprint density at radius 1 is 1.33 bits per heavy atom. The molecule has 0 fully saturated rings.